The van der Waals surface area contributed by atoms with E-state index in [2.05, 4.69) is 21.2 Å². The molecule has 0 bridgehead atoms. The van der Waals surface area contributed by atoms with Gasteiger partial charge in [-0.25, -0.2) is 0 Å². The molecule has 1 atom stereocenters. The number of benzene rings is 1. The molecule has 1 aromatic rings. The maximum absolute atomic E-state index is 11.3. The Bertz CT molecular complexity index is 358. The summed E-state index contributed by atoms with van der Waals surface area (Å²) in [6.45, 7) is 1.12. The fourth-order valence-corrected chi connectivity index (χ4v) is 1.79. The van der Waals surface area contributed by atoms with Crippen molar-refractivity contribution in [2.45, 2.75) is 6.04 Å². The zero-order chi connectivity index (χ0) is 12.0. The minimum absolute atomic E-state index is 0.394. The van der Waals surface area contributed by atoms with Crippen molar-refractivity contribution in [1.82, 2.24) is 5.32 Å². The maximum atomic E-state index is 11.3. The lowest BCUT2D eigenvalue weighted by atomic mass is 10.1. The van der Waals surface area contributed by atoms with Crippen LogP contribution in [0.25, 0.3) is 0 Å². The van der Waals surface area contributed by atoms with E-state index in [-0.39, 0.29) is 0 Å². The molecular weight excluding hydrogens is 272 g/mol. The molecule has 88 valence electrons. The van der Waals surface area contributed by atoms with Crippen LogP contribution < -0.4 is 11.1 Å². The third-order valence-corrected chi connectivity index (χ3v) is 2.61. The standard InChI is InChI=1S/C11H15BrN2O2/c1-16-6-5-14-10(11(13)15)8-3-2-4-9(12)7-8/h2-4,7,10,14H,5-6H2,1H3,(H2,13,15). The molecule has 0 spiro atoms. The molecule has 0 fully saturated rings. The van der Waals surface area contributed by atoms with Gasteiger partial charge in [0.2, 0.25) is 5.91 Å². The second-order valence-corrected chi connectivity index (χ2v) is 4.25. The molecule has 0 saturated carbocycles. The van der Waals surface area contributed by atoms with E-state index in [1.54, 1.807) is 7.11 Å². The van der Waals surface area contributed by atoms with Gasteiger partial charge in [0, 0.05) is 18.1 Å². The Morgan fingerprint density at radius 1 is 1.62 bits per heavy atom. The molecule has 0 heterocycles. The molecule has 3 N–H and O–H groups in total. The van der Waals surface area contributed by atoms with Crippen molar-refractivity contribution in [3.05, 3.63) is 34.3 Å². The van der Waals surface area contributed by atoms with Crippen LogP contribution in [0.3, 0.4) is 0 Å². The fraction of sp³-hybridized carbons (Fsp3) is 0.364. The molecule has 0 aliphatic carbocycles. The average molecular weight is 287 g/mol. The van der Waals surface area contributed by atoms with Crippen LogP contribution in [-0.2, 0) is 9.53 Å². The Morgan fingerprint density at radius 2 is 2.38 bits per heavy atom. The van der Waals surface area contributed by atoms with Gasteiger partial charge in [0.15, 0.2) is 0 Å². The molecule has 0 saturated heterocycles. The second kappa shape index (κ2) is 6.62. The number of methoxy groups -OCH3 is 1. The number of ether oxygens (including phenoxy) is 1. The van der Waals surface area contributed by atoms with Gasteiger partial charge in [-0.3, -0.25) is 10.1 Å². The highest BCUT2D eigenvalue weighted by Gasteiger charge is 2.16. The molecule has 0 aliphatic rings. The first kappa shape index (κ1) is 13.2. The number of hydrogen-bond acceptors (Lipinski definition) is 3. The lowest BCUT2D eigenvalue weighted by Gasteiger charge is -2.15. The number of carbonyl (C=O) groups is 1. The predicted molar refractivity (Wildman–Crippen MR) is 66.0 cm³/mol. The minimum atomic E-state index is -0.479. The maximum Gasteiger partial charge on any atom is 0.239 e. The van der Waals surface area contributed by atoms with Gasteiger partial charge in [0.1, 0.15) is 6.04 Å². The van der Waals surface area contributed by atoms with Crippen LogP contribution in [-0.4, -0.2) is 26.2 Å². The summed E-state index contributed by atoms with van der Waals surface area (Å²) in [5.74, 6) is -0.394. The van der Waals surface area contributed by atoms with E-state index in [1.165, 1.54) is 0 Å². The molecule has 0 aliphatic heterocycles. The van der Waals surface area contributed by atoms with Crippen LogP contribution in [0.15, 0.2) is 28.7 Å². The summed E-state index contributed by atoms with van der Waals surface area (Å²) in [5.41, 5.74) is 6.19. The minimum Gasteiger partial charge on any atom is -0.383 e. The van der Waals surface area contributed by atoms with Crippen molar-refractivity contribution >= 4 is 21.8 Å². The summed E-state index contributed by atoms with van der Waals surface area (Å²) in [7, 11) is 1.61. The van der Waals surface area contributed by atoms with Crippen LogP contribution in [0.1, 0.15) is 11.6 Å². The van der Waals surface area contributed by atoms with E-state index in [1.807, 2.05) is 24.3 Å². The predicted octanol–water partition coefficient (Wildman–Crippen LogP) is 1.21. The zero-order valence-corrected chi connectivity index (χ0v) is 10.7. The Balaban J connectivity index is 2.73. The third-order valence-electron chi connectivity index (χ3n) is 2.12. The summed E-state index contributed by atoms with van der Waals surface area (Å²) in [5, 5.41) is 3.04. The molecule has 0 aromatic heterocycles. The van der Waals surface area contributed by atoms with E-state index in [0.717, 1.165) is 10.0 Å². The second-order valence-electron chi connectivity index (χ2n) is 3.34. The van der Waals surface area contributed by atoms with Crippen molar-refractivity contribution in [1.29, 1.82) is 0 Å². The normalized spacial score (nSPS) is 12.4. The van der Waals surface area contributed by atoms with E-state index in [0.29, 0.717) is 13.2 Å². The van der Waals surface area contributed by atoms with Gasteiger partial charge in [0.05, 0.1) is 6.61 Å². The monoisotopic (exact) mass is 286 g/mol. The molecule has 0 radical (unpaired) electrons. The number of nitrogens with one attached hydrogen (secondary N) is 1. The molecule has 1 amide bonds. The highest BCUT2D eigenvalue weighted by atomic mass is 79.9. The smallest absolute Gasteiger partial charge is 0.239 e. The van der Waals surface area contributed by atoms with Gasteiger partial charge in [-0.1, -0.05) is 28.1 Å². The Labute approximate surface area is 103 Å². The first-order valence-electron chi connectivity index (χ1n) is 4.92. The largest absolute Gasteiger partial charge is 0.383 e. The summed E-state index contributed by atoms with van der Waals surface area (Å²) >= 11 is 3.36. The summed E-state index contributed by atoms with van der Waals surface area (Å²) < 4.78 is 5.83. The van der Waals surface area contributed by atoms with Crippen LogP contribution in [0, 0.1) is 0 Å². The van der Waals surface area contributed by atoms with Crippen molar-refractivity contribution in [2.75, 3.05) is 20.3 Å². The highest BCUT2D eigenvalue weighted by Crippen LogP contribution is 2.17. The van der Waals surface area contributed by atoms with Crippen LogP contribution in [0.5, 0.6) is 0 Å². The van der Waals surface area contributed by atoms with Crippen molar-refractivity contribution in [2.24, 2.45) is 5.73 Å². The summed E-state index contributed by atoms with van der Waals surface area (Å²) in [6.07, 6.45) is 0. The third kappa shape index (κ3) is 3.92. The topological polar surface area (TPSA) is 64.3 Å². The molecule has 4 nitrogen and oxygen atoms in total. The van der Waals surface area contributed by atoms with E-state index >= 15 is 0 Å². The number of halogens is 1. The molecule has 16 heavy (non-hydrogen) atoms. The van der Waals surface area contributed by atoms with Crippen LogP contribution >= 0.6 is 15.9 Å². The van der Waals surface area contributed by atoms with Gasteiger partial charge in [-0.15, -0.1) is 0 Å². The van der Waals surface area contributed by atoms with E-state index in [4.69, 9.17) is 10.5 Å². The highest BCUT2D eigenvalue weighted by molar-refractivity contribution is 9.10. The molecule has 1 unspecified atom stereocenters. The fourth-order valence-electron chi connectivity index (χ4n) is 1.37. The van der Waals surface area contributed by atoms with E-state index < -0.39 is 11.9 Å². The van der Waals surface area contributed by atoms with Crippen LogP contribution in [0.2, 0.25) is 0 Å². The van der Waals surface area contributed by atoms with Crippen molar-refractivity contribution in [3.8, 4) is 0 Å². The number of hydrogen-bond donors (Lipinski definition) is 2. The lowest BCUT2D eigenvalue weighted by molar-refractivity contribution is -0.120. The summed E-state index contributed by atoms with van der Waals surface area (Å²) in [6, 6.07) is 7.02. The first-order valence-corrected chi connectivity index (χ1v) is 5.71. The SMILES string of the molecule is COCCNC(C(N)=O)c1cccc(Br)c1. The summed E-state index contributed by atoms with van der Waals surface area (Å²) in [4.78, 5) is 11.3. The Hall–Kier alpha value is -0.910. The Morgan fingerprint density at radius 3 is 2.94 bits per heavy atom. The molecular formula is C11H15BrN2O2. The molecule has 1 rings (SSSR count). The quantitative estimate of drug-likeness (QED) is 0.773. The number of carbonyl (C=O) groups excluding carboxylic acids is 1. The number of amides is 1. The molecule has 1 aromatic carbocycles. The van der Waals surface area contributed by atoms with E-state index in [9.17, 15) is 4.79 Å². The van der Waals surface area contributed by atoms with Crippen LogP contribution in [0.4, 0.5) is 0 Å². The number of primary amides is 1. The van der Waals surface area contributed by atoms with Gasteiger partial charge < -0.3 is 10.5 Å². The molecule has 5 heteroatoms. The number of nitrogens with two attached hydrogens (primary N) is 1. The first-order chi connectivity index (χ1) is 7.65. The average Bonchev–Trinajstić information content (AvgIpc) is 2.24. The zero-order valence-electron chi connectivity index (χ0n) is 9.07. The van der Waals surface area contributed by atoms with Gasteiger partial charge in [0.25, 0.3) is 0 Å². The van der Waals surface area contributed by atoms with Gasteiger partial charge in [-0.05, 0) is 17.7 Å². The van der Waals surface area contributed by atoms with Gasteiger partial charge >= 0.3 is 0 Å². The van der Waals surface area contributed by atoms with Gasteiger partial charge in [-0.2, -0.15) is 0 Å². The van der Waals surface area contributed by atoms with Crippen molar-refractivity contribution in [3.63, 3.8) is 0 Å². The lowest BCUT2D eigenvalue weighted by Crippen LogP contribution is -2.35. The number of rotatable bonds is 6. The Kier molecular flexibility index (Phi) is 5.45. The van der Waals surface area contributed by atoms with Crippen molar-refractivity contribution < 1.29 is 9.53 Å².